The molecule has 2 saturated heterocycles. The summed E-state index contributed by atoms with van der Waals surface area (Å²) in [7, 11) is 1.48. The monoisotopic (exact) mass is 631 g/mol. The molecule has 11 nitrogen and oxygen atoms in total. The number of hydrogen-bond donors (Lipinski definition) is 1. The molecule has 3 aliphatic heterocycles. The first-order valence-corrected chi connectivity index (χ1v) is 15.7. The quantitative estimate of drug-likeness (QED) is 0.283. The lowest BCUT2D eigenvalue weighted by Crippen LogP contribution is -2.64. The second-order valence-corrected chi connectivity index (χ2v) is 12.7. The molecule has 0 radical (unpaired) electrons. The van der Waals surface area contributed by atoms with Gasteiger partial charge in [-0.25, -0.2) is 9.78 Å². The molecule has 4 aromatic rings. The lowest BCUT2D eigenvalue weighted by atomic mass is 9.81. The molecule has 1 saturated carbocycles. The number of methoxy groups -OCH3 is 1. The van der Waals surface area contributed by atoms with Crippen LogP contribution in [0.15, 0.2) is 48.7 Å². The van der Waals surface area contributed by atoms with Crippen molar-refractivity contribution in [2.45, 2.75) is 63.3 Å². The Morgan fingerprint density at radius 1 is 1.13 bits per heavy atom. The third-order valence-electron chi connectivity index (χ3n) is 9.66. The van der Waals surface area contributed by atoms with Crippen molar-refractivity contribution in [1.82, 2.24) is 19.4 Å². The fourth-order valence-electron chi connectivity index (χ4n) is 7.08. The maximum Gasteiger partial charge on any atom is 0.339 e. The van der Waals surface area contributed by atoms with Gasteiger partial charge < -0.3 is 33.5 Å². The molecule has 0 bridgehead atoms. The Bertz CT molecular complexity index is 1790. The van der Waals surface area contributed by atoms with Gasteiger partial charge in [-0.1, -0.05) is 17.7 Å². The summed E-state index contributed by atoms with van der Waals surface area (Å²) in [5, 5.41) is 10.4. The van der Waals surface area contributed by atoms with Crippen molar-refractivity contribution in [2.75, 3.05) is 31.7 Å². The number of fused-ring (bicyclic) bond motifs is 3. The second kappa shape index (κ2) is 10.8. The number of aromatic carboxylic acids is 1. The Kier molecular flexibility index (Phi) is 6.81. The summed E-state index contributed by atoms with van der Waals surface area (Å²) >= 11 is 6.08. The third-order valence-corrected chi connectivity index (χ3v) is 9.89. The van der Waals surface area contributed by atoms with Gasteiger partial charge in [0.25, 0.3) is 5.79 Å². The summed E-state index contributed by atoms with van der Waals surface area (Å²) in [6.07, 6.45) is 4.84. The van der Waals surface area contributed by atoms with Crippen LogP contribution in [0.4, 0.5) is 5.69 Å². The summed E-state index contributed by atoms with van der Waals surface area (Å²) < 4.78 is 26.2. The van der Waals surface area contributed by atoms with Gasteiger partial charge in [0.1, 0.15) is 22.8 Å². The number of para-hydroxylation sites is 1. The predicted molar refractivity (Wildman–Crippen MR) is 166 cm³/mol. The number of aromatic nitrogens is 3. The highest BCUT2D eigenvalue weighted by molar-refractivity contribution is 6.30. The van der Waals surface area contributed by atoms with Crippen LogP contribution in [-0.4, -0.2) is 75.5 Å². The van der Waals surface area contributed by atoms with Crippen LogP contribution in [0, 0.1) is 0 Å². The minimum absolute atomic E-state index is 0.0981. The highest BCUT2D eigenvalue weighted by Gasteiger charge is 2.47. The molecule has 2 aromatic carbocycles. The van der Waals surface area contributed by atoms with Crippen LogP contribution >= 0.6 is 11.6 Å². The molecule has 0 amide bonds. The van der Waals surface area contributed by atoms with Crippen molar-refractivity contribution in [3.63, 3.8) is 0 Å². The molecule has 45 heavy (non-hydrogen) atoms. The number of ether oxygens (including phenoxy) is 4. The van der Waals surface area contributed by atoms with Gasteiger partial charge in [0.05, 0.1) is 48.0 Å². The highest BCUT2D eigenvalue weighted by Crippen LogP contribution is 2.51. The van der Waals surface area contributed by atoms with Gasteiger partial charge in [-0.2, -0.15) is 0 Å². The van der Waals surface area contributed by atoms with Crippen LogP contribution in [0.2, 0.25) is 5.02 Å². The summed E-state index contributed by atoms with van der Waals surface area (Å²) in [6.45, 7) is 5.59. The first-order valence-electron chi connectivity index (χ1n) is 15.4. The first-order chi connectivity index (χ1) is 21.8. The van der Waals surface area contributed by atoms with Gasteiger partial charge in [-0.05, 0) is 49.6 Å². The molecule has 1 N–H and O–H groups in total. The van der Waals surface area contributed by atoms with Crippen molar-refractivity contribution in [3.8, 4) is 17.2 Å². The Morgan fingerprint density at radius 3 is 2.67 bits per heavy atom. The molecular formula is C33H34ClN5O6. The van der Waals surface area contributed by atoms with Crippen molar-refractivity contribution >= 4 is 34.3 Å². The molecule has 0 spiro atoms. The molecule has 8 rings (SSSR count). The normalized spacial score (nSPS) is 25.5. The lowest BCUT2D eigenvalue weighted by Gasteiger charge is -2.54. The van der Waals surface area contributed by atoms with E-state index < -0.39 is 11.8 Å². The van der Waals surface area contributed by atoms with E-state index in [1.165, 1.54) is 7.11 Å². The van der Waals surface area contributed by atoms with Crippen molar-refractivity contribution in [1.29, 1.82) is 0 Å². The van der Waals surface area contributed by atoms with E-state index in [4.69, 9.17) is 35.5 Å². The Balaban J connectivity index is 1.06. The Hall–Kier alpha value is -4.06. The summed E-state index contributed by atoms with van der Waals surface area (Å²) in [6, 6.07) is 13.8. The number of pyridine rings is 1. The topological polar surface area (TPSA) is 111 Å². The van der Waals surface area contributed by atoms with Gasteiger partial charge in [-0.3, -0.25) is 9.88 Å². The van der Waals surface area contributed by atoms with Crippen LogP contribution in [-0.2, 0) is 23.6 Å². The van der Waals surface area contributed by atoms with E-state index in [-0.39, 0.29) is 11.7 Å². The minimum atomic E-state index is -1.05. The highest BCUT2D eigenvalue weighted by atomic mass is 35.5. The molecular weight excluding hydrogens is 598 g/mol. The first kappa shape index (κ1) is 28.4. The number of rotatable bonds is 8. The molecule has 12 heteroatoms. The standard InChI is InChI=1S/C33H34ClN5O6/c1-33(29-9-6-19(34)16-35-29)44-27-5-3-4-25(31(27)45-33)38-12-11-37(23-7-8-24(23)38)18-30-36-22-15-28(42-2)21(32(40)41)14-26(22)39(30)17-20-10-13-43-20/h3-6,9,14-16,20,23-24H,7-8,10-13,17-18H2,1-2H3,(H,40,41)/t20-,23+,24+,33-/m0/s1. The third kappa shape index (κ3) is 4.76. The zero-order valence-electron chi connectivity index (χ0n) is 25.1. The zero-order valence-corrected chi connectivity index (χ0v) is 25.9. The predicted octanol–water partition coefficient (Wildman–Crippen LogP) is 5.08. The van der Waals surface area contributed by atoms with Crippen LogP contribution in [0.1, 0.15) is 48.1 Å². The Labute approximate surface area is 265 Å². The van der Waals surface area contributed by atoms with Gasteiger partial charge in [-0.15, -0.1) is 0 Å². The van der Waals surface area contributed by atoms with E-state index in [0.29, 0.717) is 47.4 Å². The number of imidazole rings is 1. The number of nitrogens with zero attached hydrogens (tertiary/aromatic N) is 5. The number of carboxylic acids is 1. The molecule has 5 heterocycles. The largest absolute Gasteiger partial charge is 0.496 e. The van der Waals surface area contributed by atoms with Gasteiger partial charge >= 0.3 is 5.97 Å². The molecule has 3 fully saturated rings. The Morgan fingerprint density at radius 2 is 1.98 bits per heavy atom. The molecule has 0 unspecified atom stereocenters. The molecule has 234 valence electrons. The van der Waals surface area contributed by atoms with Crippen molar-refractivity contribution in [3.05, 3.63) is 70.8 Å². The van der Waals surface area contributed by atoms with E-state index in [2.05, 4.69) is 25.4 Å². The van der Waals surface area contributed by atoms with Gasteiger partial charge in [0, 0.05) is 51.0 Å². The van der Waals surface area contributed by atoms with Crippen LogP contribution in [0.25, 0.3) is 11.0 Å². The van der Waals surface area contributed by atoms with Crippen molar-refractivity contribution in [2.24, 2.45) is 0 Å². The number of piperazine rings is 1. The second-order valence-electron chi connectivity index (χ2n) is 12.3. The van der Waals surface area contributed by atoms with E-state index in [1.54, 1.807) is 24.4 Å². The van der Waals surface area contributed by atoms with E-state index >= 15 is 0 Å². The molecule has 4 atom stereocenters. The maximum absolute atomic E-state index is 12.0. The number of halogens is 1. The van der Waals surface area contributed by atoms with Gasteiger partial charge in [0.15, 0.2) is 11.5 Å². The van der Waals surface area contributed by atoms with Crippen LogP contribution in [0.3, 0.4) is 0 Å². The molecule has 1 aliphatic carbocycles. The lowest BCUT2D eigenvalue weighted by molar-refractivity contribution is -0.0717. The van der Waals surface area contributed by atoms with Crippen molar-refractivity contribution < 1.29 is 28.8 Å². The number of hydrogen-bond acceptors (Lipinski definition) is 9. The maximum atomic E-state index is 12.0. The average Bonchev–Trinajstić information content (AvgIpc) is 3.51. The smallest absolute Gasteiger partial charge is 0.339 e. The summed E-state index contributed by atoms with van der Waals surface area (Å²) in [5.74, 6) is 0.587. The van der Waals surface area contributed by atoms with E-state index in [0.717, 1.165) is 67.3 Å². The summed E-state index contributed by atoms with van der Waals surface area (Å²) in [4.78, 5) is 26.5. The van der Waals surface area contributed by atoms with E-state index in [1.807, 2.05) is 25.1 Å². The number of anilines is 1. The number of carbonyl (C=O) groups is 1. The average molecular weight is 632 g/mol. The summed E-state index contributed by atoms with van der Waals surface area (Å²) in [5.41, 5.74) is 3.33. The van der Waals surface area contributed by atoms with Crippen LogP contribution < -0.4 is 19.1 Å². The molecule has 4 aliphatic rings. The van der Waals surface area contributed by atoms with Crippen LogP contribution in [0.5, 0.6) is 17.2 Å². The number of carboxylic acid groups (broad SMARTS) is 1. The van der Waals surface area contributed by atoms with E-state index in [9.17, 15) is 9.90 Å². The fraction of sp³-hybridized carbons (Fsp3) is 0.424. The number of benzene rings is 2. The van der Waals surface area contributed by atoms with Gasteiger partial charge in [0.2, 0.25) is 0 Å². The zero-order chi connectivity index (χ0) is 30.9. The molecule has 2 aromatic heterocycles. The minimum Gasteiger partial charge on any atom is -0.496 e. The fourth-order valence-corrected chi connectivity index (χ4v) is 7.19. The SMILES string of the molecule is COc1cc2nc(CN3CCN(c4cccc5c4O[C@@](C)(c4ccc(Cl)cn4)O5)[C@@H]4CC[C@H]43)n(C[C@@H]3CCO3)c2cc1C(=O)O.